The number of ether oxygens (including phenoxy) is 1. The van der Waals surface area contributed by atoms with Gasteiger partial charge in [-0.15, -0.1) is 6.58 Å². The van der Waals surface area contributed by atoms with Gasteiger partial charge in [0, 0.05) is 37.5 Å². The summed E-state index contributed by atoms with van der Waals surface area (Å²) < 4.78 is 5.40. The quantitative estimate of drug-likeness (QED) is 0.268. The number of esters is 1. The van der Waals surface area contributed by atoms with E-state index in [0.29, 0.717) is 11.7 Å². The van der Waals surface area contributed by atoms with Crippen LogP contribution in [0.4, 0.5) is 0 Å². The molecular formula is C29H34N2O4. The van der Waals surface area contributed by atoms with E-state index in [-0.39, 0.29) is 29.1 Å². The van der Waals surface area contributed by atoms with Crippen molar-refractivity contribution >= 4 is 18.0 Å². The Morgan fingerprint density at radius 2 is 2.06 bits per heavy atom. The van der Waals surface area contributed by atoms with Gasteiger partial charge in [-0.1, -0.05) is 30.3 Å². The van der Waals surface area contributed by atoms with Crippen molar-refractivity contribution in [1.82, 2.24) is 10.2 Å². The van der Waals surface area contributed by atoms with Gasteiger partial charge in [-0.05, 0) is 79.6 Å². The highest BCUT2D eigenvalue weighted by atomic mass is 16.5. The molecule has 3 atom stereocenters. The van der Waals surface area contributed by atoms with Crippen LogP contribution in [0.2, 0.25) is 0 Å². The SMILES string of the molecule is C=CCN1CC[C@@]2(c3cccc(OC(C)=O)c3)C[C@@H](NC(=O)C=Cc3cccc(O)c3)CC[C@@H]2C1. The zero-order valence-electron chi connectivity index (χ0n) is 20.3. The van der Waals surface area contributed by atoms with Crippen molar-refractivity contribution in [2.75, 3.05) is 19.6 Å². The molecule has 2 aliphatic rings. The third-order valence-corrected chi connectivity index (χ3v) is 7.31. The minimum Gasteiger partial charge on any atom is -0.508 e. The first kappa shape index (κ1) is 24.7. The molecule has 2 N–H and O–H groups in total. The Balaban J connectivity index is 1.54. The largest absolute Gasteiger partial charge is 0.508 e. The molecule has 0 spiro atoms. The van der Waals surface area contributed by atoms with Crippen LogP contribution in [0.25, 0.3) is 6.08 Å². The predicted octanol–water partition coefficient (Wildman–Crippen LogP) is 4.45. The number of nitrogens with one attached hydrogen (secondary N) is 1. The van der Waals surface area contributed by atoms with Gasteiger partial charge in [0.15, 0.2) is 0 Å². The fraction of sp³-hybridized carbons (Fsp3) is 0.379. The van der Waals surface area contributed by atoms with E-state index in [9.17, 15) is 14.7 Å². The lowest BCUT2D eigenvalue weighted by atomic mass is 9.58. The van der Waals surface area contributed by atoms with E-state index in [0.717, 1.165) is 50.9 Å². The van der Waals surface area contributed by atoms with Crippen LogP contribution < -0.4 is 10.1 Å². The number of rotatable bonds is 7. The Labute approximate surface area is 207 Å². The second kappa shape index (κ2) is 10.9. The molecule has 1 saturated carbocycles. The number of nitrogens with zero attached hydrogens (tertiary/aromatic N) is 1. The van der Waals surface area contributed by atoms with E-state index in [1.54, 1.807) is 24.3 Å². The molecule has 0 unspecified atom stereocenters. The number of likely N-dealkylation sites (tertiary alicyclic amines) is 1. The van der Waals surface area contributed by atoms with Crippen molar-refractivity contribution in [3.05, 3.63) is 78.4 Å². The number of aromatic hydroxyl groups is 1. The average Bonchev–Trinajstić information content (AvgIpc) is 2.83. The molecule has 6 nitrogen and oxygen atoms in total. The molecular weight excluding hydrogens is 440 g/mol. The van der Waals surface area contributed by atoms with Crippen molar-refractivity contribution in [3.8, 4) is 11.5 Å². The molecule has 2 aromatic rings. The number of phenolic OH excluding ortho intramolecular Hbond substituents is 1. The second-order valence-corrected chi connectivity index (χ2v) is 9.69. The highest BCUT2D eigenvalue weighted by molar-refractivity contribution is 5.92. The van der Waals surface area contributed by atoms with E-state index in [1.165, 1.54) is 18.6 Å². The number of carbonyl (C=O) groups excluding carboxylic acids is 2. The molecule has 1 amide bonds. The number of piperidine rings is 1. The summed E-state index contributed by atoms with van der Waals surface area (Å²) in [5.74, 6) is 0.720. The number of carbonyl (C=O) groups is 2. The molecule has 1 saturated heterocycles. The van der Waals surface area contributed by atoms with Gasteiger partial charge in [0.25, 0.3) is 0 Å². The van der Waals surface area contributed by atoms with Crippen molar-refractivity contribution < 1.29 is 19.4 Å². The lowest BCUT2D eigenvalue weighted by molar-refractivity contribution is -0.131. The Hall–Kier alpha value is -3.38. The fourth-order valence-electron chi connectivity index (χ4n) is 5.77. The number of fused-ring (bicyclic) bond motifs is 1. The number of amides is 1. The molecule has 35 heavy (non-hydrogen) atoms. The van der Waals surface area contributed by atoms with E-state index in [1.807, 2.05) is 30.3 Å². The molecule has 1 aliphatic heterocycles. The van der Waals surface area contributed by atoms with Crippen LogP contribution in [0.1, 0.15) is 43.7 Å². The second-order valence-electron chi connectivity index (χ2n) is 9.69. The van der Waals surface area contributed by atoms with Crippen molar-refractivity contribution in [3.63, 3.8) is 0 Å². The van der Waals surface area contributed by atoms with Gasteiger partial charge in [-0.25, -0.2) is 0 Å². The molecule has 0 bridgehead atoms. The van der Waals surface area contributed by atoms with Gasteiger partial charge in [-0.3, -0.25) is 14.5 Å². The summed E-state index contributed by atoms with van der Waals surface area (Å²) >= 11 is 0. The highest BCUT2D eigenvalue weighted by Crippen LogP contribution is 2.49. The Bertz CT molecular complexity index is 1110. The number of hydrogen-bond donors (Lipinski definition) is 2. The zero-order chi connectivity index (χ0) is 24.8. The summed E-state index contributed by atoms with van der Waals surface area (Å²) in [4.78, 5) is 26.7. The summed E-state index contributed by atoms with van der Waals surface area (Å²) in [6.07, 6.45) is 8.94. The van der Waals surface area contributed by atoms with Gasteiger partial charge in [0.05, 0.1) is 0 Å². The molecule has 2 fully saturated rings. The van der Waals surface area contributed by atoms with Gasteiger partial charge >= 0.3 is 5.97 Å². The number of hydrogen-bond acceptors (Lipinski definition) is 5. The zero-order valence-corrected chi connectivity index (χ0v) is 20.3. The molecule has 1 aliphatic carbocycles. The monoisotopic (exact) mass is 474 g/mol. The predicted molar refractivity (Wildman–Crippen MR) is 137 cm³/mol. The summed E-state index contributed by atoms with van der Waals surface area (Å²) in [6.45, 7) is 8.14. The minimum atomic E-state index is -0.329. The summed E-state index contributed by atoms with van der Waals surface area (Å²) in [5.41, 5.74) is 1.85. The van der Waals surface area contributed by atoms with Crippen molar-refractivity contribution in [2.24, 2.45) is 5.92 Å². The third kappa shape index (κ3) is 6.01. The van der Waals surface area contributed by atoms with Gasteiger partial charge in [0.2, 0.25) is 5.91 Å². The standard InChI is InChI=1S/C29H34N2O4/c1-3-15-31-16-14-29(23-7-5-9-27(18-23)35-21(2)32)19-25(12-11-24(29)20-31)30-28(34)13-10-22-6-4-8-26(33)17-22/h3-10,13,17-18,24-25,33H,1,11-12,14-16,19-20H2,2H3,(H,30,34)/t24-,25+,29+/m1/s1. The fourth-order valence-corrected chi connectivity index (χ4v) is 5.77. The first-order valence-electron chi connectivity index (χ1n) is 12.3. The first-order chi connectivity index (χ1) is 16.9. The normalized spacial score (nSPS) is 24.5. The Morgan fingerprint density at radius 3 is 2.83 bits per heavy atom. The van der Waals surface area contributed by atoms with Crippen molar-refractivity contribution in [2.45, 2.75) is 44.1 Å². The van der Waals surface area contributed by atoms with Gasteiger partial charge < -0.3 is 15.2 Å². The van der Waals surface area contributed by atoms with E-state index in [4.69, 9.17) is 4.74 Å². The van der Waals surface area contributed by atoms with Crippen LogP contribution >= 0.6 is 0 Å². The maximum Gasteiger partial charge on any atom is 0.308 e. The molecule has 6 heteroatoms. The average molecular weight is 475 g/mol. The van der Waals surface area contributed by atoms with Crippen LogP contribution in [-0.4, -0.2) is 47.6 Å². The van der Waals surface area contributed by atoms with Crippen LogP contribution in [0, 0.1) is 5.92 Å². The number of benzene rings is 2. The minimum absolute atomic E-state index is 0.0518. The Kier molecular flexibility index (Phi) is 7.71. The van der Waals surface area contributed by atoms with E-state index < -0.39 is 0 Å². The molecule has 4 rings (SSSR count). The maximum absolute atomic E-state index is 12.7. The van der Waals surface area contributed by atoms with Crippen molar-refractivity contribution in [1.29, 1.82) is 0 Å². The summed E-state index contributed by atoms with van der Waals surface area (Å²) in [5, 5.41) is 12.8. The smallest absolute Gasteiger partial charge is 0.308 e. The maximum atomic E-state index is 12.7. The summed E-state index contributed by atoms with van der Waals surface area (Å²) in [7, 11) is 0. The van der Waals surface area contributed by atoms with Crippen LogP contribution in [-0.2, 0) is 15.0 Å². The van der Waals surface area contributed by atoms with Crippen LogP contribution in [0.3, 0.4) is 0 Å². The topological polar surface area (TPSA) is 78.9 Å². The van der Waals surface area contributed by atoms with Gasteiger partial charge in [-0.2, -0.15) is 0 Å². The molecule has 0 radical (unpaired) electrons. The highest BCUT2D eigenvalue weighted by Gasteiger charge is 2.48. The molecule has 2 aromatic carbocycles. The molecule has 184 valence electrons. The third-order valence-electron chi connectivity index (χ3n) is 7.31. The van der Waals surface area contributed by atoms with E-state index in [2.05, 4.69) is 22.9 Å². The Morgan fingerprint density at radius 1 is 1.23 bits per heavy atom. The molecule has 0 aromatic heterocycles. The lowest BCUT2D eigenvalue weighted by Crippen LogP contribution is -2.56. The van der Waals surface area contributed by atoms with Crippen LogP contribution in [0.5, 0.6) is 11.5 Å². The lowest BCUT2D eigenvalue weighted by Gasteiger charge is -2.53. The summed E-state index contributed by atoms with van der Waals surface area (Å²) in [6, 6.07) is 14.8. The van der Waals surface area contributed by atoms with Crippen LogP contribution in [0.15, 0.2) is 67.3 Å². The molecule has 1 heterocycles. The number of phenols is 1. The van der Waals surface area contributed by atoms with Gasteiger partial charge in [0.1, 0.15) is 11.5 Å². The first-order valence-corrected chi connectivity index (χ1v) is 12.3. The van der Waals surface area contributed by atoms with E-state index >= 15 is 0 Å².